The SMILES string of the molecule is CCCCCCCCCCCCCCCCC[CH]CC(C)CCCC. The molecule has 0 aliphatic heterocycles. The van der Waals surface area contributed by atoms with Crippen LogP contribution in [0, 0.1) is 12.3 Å². The molecule has 0 fully saturated rings. The van der Waals surface area contributed by atoms with Gasteiger partial charge in [-0.1, -0.05) is 143 Å². The Bertz CT molecular complexity index is 220. The molecule has 1 atom stereocenters. The molecule has 25 heavy (non-hydrogen) atoms. The number of hydrogen-bond donors (Lipinski definition) is 0. The molecule has 0 saturated carbocycles. The Hall–Kier alpha value is 0. The quantitative estimate of drug-likeness (QED) is 0.180. The first-order valence-electron chi connectivity index (χ1n) is 12.1. The molecule has 0 nitrogen and oxygen atoms in total. The molecule has 0 aliphatic rings. The molecule has 0 bridgehead atoms. The van der Waals surface area contributed by atoms with Gasteiger partial charge in [0.2, 0.25) is 0 Å². The lowest BCUT2D eigenvalue weighted by Crippen LogP contribution is -1.95. The van der Waals surface area contributed by atoms with E-state index in [-0.39, 0.29) is 0 Å². The largest absolute Gasteiger partial charge is 0.0654 e. The van der Waals surface area contributed by atoms with Gasteiger partial charge < -0.3 is 0 Å². The lowest BCUT2D eigenvalue weighted by molar-refractivity contribution is 0.486. The minimum absolute atomic E-state index is 0.913. The first-order chi connectivity index (χ1) is 12.3. The summed E-state index contributed by atoms with van der Waals surface area (Å²) in [5.74, 6) is 0.913. The van der Waals surface area contributed by atoms with Crippen molar-refractivity contribution >= 4 is 0 Å². The highest BCUT2D eigenvalue weighted by molar-refractivity contribution is 4.68. The van der Waals surface area contributed by atoms with Crippen molar-refractivity contribution in [2.75, 3.05) is 0 Å². The van der Waals surface area contributed by atoms with Crippen LogP contribution in [-0.4, -0.2) is 0 Å². The van der Waals surface area contributed by atoms with Crippen LogP contribution in [0.5, 0.6) is 0 Å². The lowest BCUT2D eigenvalue weighted by Gasteiger charge is -2.09. The number of rotatable bonds is 21. The van der Waals surface area contributed by atoms with Crippen molar-refractivity contribution in [1.82, 2.24) is 0 Å². The van der Waals surface area contributed by atoms with Gasteiger partial charge in [0.1, 0.15) is 0 Å². The molecule has 0 spiro atoms. The Kier molecular flexibility index (Phi) is 22.0. The summed E-state index contributed by atoms with van der Waals surface area (Å²) in [5.41, 5.74) is 0. The number of hydrogen-bond acceptors (Lipinski definition) is 0. The van der Waals surface area contributed by atoms with Gasteiger partial charge in [-0.15, -0.1) is 0 Å². The second-order valence-corrected chi connectivity index (χ2v) is 8.51. The summed E-state index contributed by atoms with van der Waals surface area (Å²) in [6.07, 6.45) is 31.4. The van der Waals surface area contributed by atoms with E-state index in [1.54, 1.807) is 0 Å². The van der Waals surface area contributed by atoms with E-state index in [0.717, 1.165) is 5.92 Å². The van der Waals surface area contributed by atoms with Crippen LogP contribution < -0.4 is 0 Å². The molecule has 1 unspecified atom stereocenters. The summed E-state index contributed by atoms with van der Waals surface area (Å²) in [7, 11) is 0. The predicted molar refractivity (Wildman–Crippen MR) is 117 cm³/mol. The average molecular weight is 352 g/mol. The topological polar surface area (TPSA) is 0 Å². The summed E-state index contributed by atoms with van der Waals surface area (Å²) in [4.78, 5) is 0. The Balaban J connectivity index is 3.03. The summed E-state index contributed by atoms with van der Waals surface area (Å²) < 4.78 is 0. The number of unbranched alkanes of at least 4 members (excludes halogenated alkanes) is 17. The van der Waals surface area contributed by atoms with Crippen molar-refractivity contribution in [3.8, 4) is 0 Å². The van der Waals surface area contributed by atoms with E-state index < -0.39 is 0 Å². The molecule has 0 aromatic rings. The average Bonchev–Trinajstić information content (AvgIpc) is 2.62. The summed E-state index contributed by atoms with van der Waals surface area (Å²) in [5, 5.41) is 0. The van der Waals surface area contributed by atoms with Gasteiger partial charge in [-0.2, -0.15) is 0 Å². The molecule has 0 aliphatic carbocycles. The molecule has 0 rings (SSSR count). The van der Waals surface area contributed by atoms with E-state index in [2.05, 4.69) is 27.2 Å². The molecule has 0 heterocycles. The maximum Gasteiger partial charge on any atom is -0.0383 e. The van der Waals surface area contributed by atoms with Gasteiger partial charge in [0.25, 0.3) is 0 Å². The molecule has 0 N–H and O–H groups in total. The van der Waals surface area contributed by atoms with E-state index >= 15 is 0 Å². The van der Waals surface area contributed by atoms with Crippen LogP contribution in [0.4, 0.5) is 0 Å². The van der Waals surface area contributed by atoms with Crippen molar-refractivity contribution in [2.24, 2.45) is 5.92 Å². The third-order valence-corrected chi connectivity index (χ3v) is 5.63. The Labute approximate surface area is 161 Å². The maximum absolute atomic E-state index is 2.56. The van der Waals surface area contributed by atoms with Crippen molar-refractivity contribution in [3.63, 3.8) is 0 Å². The van der Waals surface area contributed by atoms with Crippen molar-refractivity contribution in [1.29, 1.82) is 0 Å². The van der Waals surface area contributed by atoms with Crippen LogP contribution in [0.2, 0.25) is 0 Å². The van der Waals surface area contributed by atoms with Gasteiger partial charge in [0, 0.05) is 0 Å². The van der Waals surface area contributed by atoms with E-state index in [1.807, 2.05) is 0 Å². The predicted octanol–water partition coefficient (Wildman–Crippen LogP) is 9.67. The first-order valence-corrected chi connectivity index (χ1v) is 12.1. The fourth-order valence-corrected chi connectivity index (χ4v) is 3.73. The third-order valence-electron chi connectivity index (χ3n) is 5.63. The van der Waals surface area contributed by atoms with E-state index in [0.29, 0.717) is 0 Å². The standard InChI is InChI=1S/C25H51/c1-4-6-8-9-10-11-12-13-14-15-16-17-18-19-20-21-22-24-25(3)23-7-5-2/h22,25H,4-21,23-24H2,1-3H3. The van der Waals surface area contributed by atoms with Crippen molar-refractivity contribution < 1.29 is 0 Å². The van der Waals surface area contributed by atoms with Crippen LogP contribution in [0.3, 0.4) is 0 Å². The van der Waals surface area contributed by atoms with E-state index in [4.69, 9.17) is 0 Å². The highest BCUT2D eigenvalue weighted by Crippen LogP contribution is 2.17. The lowest BCUT2D eigenvalue weighted by atomic mass is 9.97. The van der Waals surface area contributed by atoms with Gasteiger partial charge in [-0.3, -0.25) is 0 Å². The molecule has 1 radical (unpaired) electrons. The fourth-order valence-electron chi connectivity index (χ4n) is 3.73. The summed E-state index contributed by atoms with van der Waals surface area (Å²) in [6, 6.07) is 0. The molecule has 0 aromatic carbocycles. The normalized spacial score (nSPS) is 12.6. The van der Waals surface area contributed by atoms with Crippen molar-refractivity contribution in [2.45, 2.75) is 149 Å². The first kappa shape index (κ1) is 25.0. The summed E-state index contributed by atoms with van der Waals surface area (Å²) >= 11 is 0. The highest BCUT2D eigenvalue weighted by Gasteiger charge is 2.01. The molecule has 0 amide bonds. The Morgan fingerprint density at radius 3 is 1.36 bits per heavy atom. The second-order valence-electron chi connectivity index (χ2n) is 8.51. The van der Waals surface area contributed by atoms with Gasteiger partial charge in [0.15, 0.2) is 0 Å². The smallest absolute Gasteiger partial charge is 0.0383 e. The van der Waals surface area contributed by atoms with Crippen LogP contribution in [0.15, 0.2) is 0 Å². The van der Waals surface area contributed by atoms with Crippen LogP contribution in [0.25, 0.3) is 0 Å². The Morgan fingerprint density at radius 2 is 0.920 bits per heavy atom. The zero-order chi connectivity index (χ0) is 18.4. The van der Waals surface area contributed by atoms with Crippen LogP contribution in [0.1, 0.15) is 149 Å². The third kappa shape index (κ3) is 22.0. The fraction of sp³-hybridized carbons (Fsp3) is 0.960. The van der Waals surface area contributed by atoms with Gasteiger partial charge >= 0.3 is 0 Å². The maximum atomic E-state index is 2.56. The van der Waals surface area contributed by atoms with Gasteiger partial charge in [0.05, 0.1) is 0 Å². The molecule has 151 valence electrons. The zero-order valence-electron chi connectivity index (χ0n) is 18.3. The van der Waals surface area contributed by atoms with E-state index in [1.165, 1.54) is 128 Å². The second kappa shape index (κ2) is 22.0. The van der Waals surface area contributed by atoms with E-state index in [9.17, 15) is 0 Å². The monoisotopic (exact) mass is 351 g/mol. The van der Waals surface area contributed by atoms with Gasteiger partial charge in [-0.25, -0.2) is 0 Å². The molecule has 0 heteroatoms. The zero-order valence-corrected chi connectivity index (χ0v) is 18.3. The molecule has 0 saturated heterocycles. The minimum atomic E-state index is 0.913. The molecule has 0 aromatic heterocycles. The van der Waals surface area contributed by atoms with Gasteiger partial charge in [-0.05, 0) is 18.8 Å². The molecular formula is C25H51. The minimum Gasteiger partial charge on any atom is -0.0654 e. The van der Waals surface area contributed by atoms with Crippen LogP contribution in [-0.2, 0) is 0 Å². The summed E-state index contributed by atoms with van der Waals surface area (Å²) in [6.45, 7) is 7.01. The van der Waals surface area contributed by atoms with Crippen molar-refractivity contribution in [3.05, 3.63) is 6.42 Å². The Morgan fingerprint density at radius 1 is 0.520 bits per heavy atom. The molecular weight excluding hydrogens is 300 g/mol. The van der Waals surface area contributed by atoms with Crippen LogP contribution >= 0.6 is 0 Å². The highest BCUT2D eigenvalue weighted by atomic mass is 14.1.